The molecule has 3 rings (SSSR count). The highest BCUT2D eigenvalue weighted by atomic mass is 16.5. The van der Waals surface area contributed by atoms with Crippen LogP contribution in [0, 0.1) is 13.8 Å². The SMILES string of the molecule is Cc1cc(C)c2c(c1)CC(C1=NCCN1)O2. The van der Waals surface area contributed by atoms with Crippen molar-refractivity contribution < 1.29 is 4.74 Å². The van der Waals surface area contributed by atoms with Crippen molar-refractivity contribution in [1.82, 2.24) is 5.32 Å². The molecule has 1 unspecified atom stereocenters. The maximum Gasteiger partial charge on any atom is 0.159 e. The molecule has 1 aromatic rings. The van der Waals surface area contributed by atoms with E-state index in [0.29, 0.717) is 0 Å². The molecule has 3 nitrogen and oxygen atoms in total. The van der Waals surface area contributed by atoms with E-state index in [2.05, 4.69) is 36.3 Å². The highest BCUT2D eigenvalue weighted by molar-refractivity contribution is 5.89. The summed E-state index contributed by atoms with van der Waals surface area (Å²) in [7, 11) is 0. The van der Waals surface area contributed by atoms with Gasteiger partial charge in [-0.15, -0.1) is 0 Å². The van der Waals surface area contributed by atoms with Crippen LogP contribution in [-0.4, -0.2) is 25.0 Å². The van der Waals surface area contributed by atoms with Crippen LogP contribution >= 0.6 is 0 Å². The van der Waals surface area contributed by atoms with Crippen molar-refractivity contribution in [3.05, 3.63) is 28.8 Å². The zero-order chi connectivity index (χ0) is 11.1. The fourth-order valence-corrected chi connectivity index (χ4v) is 2.53. The summed E-state index contributed by atoms with van der Waals surface area (Å²) in [5.41, 5.74) is 3.86. The van der Waals surface area contributed by atoms with Gasteiger partial charge in [0.15, 0.2) is 6.10 Å². The van der Waals surface area contributed by atoms with Crippen LogP contribution in [-0.2, 0) is 6.42 Å². The van der Waals surface area contributed by atoms with Gasteiger partial charge in [-0.05, 0) is 25.0 Å². The lowest BCUT2D eigenvalue weighted by atomic mass is 10.0. The van der Waals surface area contributed by atoms with Crippen LogP contribution < -0.4 is 10.1 Å². The molecular formula is C13H16N2O. The third-order valence-corrected chi connectivity index (χ3v) is 3.17. The Morgan fingerprint density at radius 2 is 2.25 bits per heavy atom. The smallest absolute Gasteiger partial charge is 0.159 e. The summed E-state index contributed by atoms with van der Waals surface area (Å²) in [5.74, 6) is 2.08. The molecule has 3 heteroatoms. The van der Waals surface area contributed by atoms with E-state index >= 15 is 0 Å². The molecule has 0 saturated heterocycles. The number of fused-ring (bicyclic) bond motifs is 1. The molecule has 0 amide bonds. The summed E-state index contributed by atoms with van der Waals surface area (Å²) in [6.45, 7) is 6.07. The standard InChI is InChI=1S/C13H16N2O/c1-8-5-9(2)12-10(6-8)7-11(16-12)13-14-3-4-15-13/h5-6,11H,3-4,7H2,1-2H3,(H,14,15). The van der Waals surface area contributed by atoms with E-state index in [1.54, 1.807) is 0 Å². The molecular weight excluding hydrogens is 200 g/mol. The number of aryl methyl sites for hydroxylation is 2. The first-order chi connectivity index (χ1) is 7.74. The van der Waals surface area contributed by atoms with E-state index in [4.69, 9.17) is 4.74 Å². The van der Waals surface area contributed by atoms with Gasteiger partial charge in [0.25, 0.3) is 0 Å². The Morgan fingerprint density at radius 1 is 1.38 bits per heavy atom. The minimum Gasteiger partial charge on any atom is -0.482 e. The number of benzene rings is 1. The molecule has 0 aliphatic carbocycles. The van der Waals surface area contributed by atoms with Crippen molar-refractivity contribution in [2.75, 3.05) is 13.1 Å². The lowest BCUT2D eigenvalue weighted by molar-refractivity contribution is 0.296. The highest BCUT2D eigenvalue weighted by Gasteiger charge is 2.29. The molecule has 2 aliphatic heterocycles. The normalized spacial score (nSPS) is 22.4. The van der Waals surface area contributed by atoms with Gasteiger partial charge in [-0.2, -0.15) is 0 Å². The molecule has 0 radical (unpaired) electrons. The van der Waals surface area contributed by atoms with Gasteiger partial charge in [-0.25, -0.2) is 0 Å². The molecule has 0 bridgehead atoms. The van der Waals surface area contributed by atoms with Crippen LogP contribution in [0.2, 0.25) is 0 Å². The number of aliphatic imine (C=N–C) groups is 1. The van der Waals surface area contributed by atoms with E-state index < -0.39 is 0 Å². The molecule has 2 aliphatic rings. The predicted molar refractivity (Wildman–Crippen MR) is 64.3 cm³/mol. The minimum atomic E-state index is 0.109. The fraction of sp³-hybridized carbons (Fsp3) is 0.462. The van der Waals surface area contributed by atoms with Crippen LogP contribution in [0.25, 0.3) is 0 Å². The summed E-state index contributed by atoms with van der Waals surface area (Å²) >= 11 is 0. The van der Waals surface area contributed by atoms with Crippen molar-refractivity contribution in [3.8, 4) is 5.75 Å². The minimum absolute atomic E-state index is 0.109. The molecule has 0 aromatic heterocycles. The van der Waals surface area contributed by atoms with Gasteiger partial charge in [0.05, 0.1) is 6.54 Å². The zero-order valence-electron chi connectivity index (χ0n) is 9.71. The van der Waals surface area contributed by atoms with Gasteiger partial charge in [0, 0.05) is 13.0 Å². The number of hydrogen-bond donors (Lipinski definition) is 1. The predicted octanol–water partition coefficient (Wildman–Crippen LogP) is 1.61. The fourth-order valence-electron chi connectivity index (χ4n) is 2.53. The second kappa shape index (κ2) is 3.51. The molecule has 16 heavy (non-hydrogen) atoms. The Morgan fingerprint density at radius 3 is 3.00 bits per heavy atom. The zero-order valence-corrected chi connectivity index (χ0v) is 9.71. The van der Waals surface area contributed by atoms with Crippen LogP contribution in [0.3, 0.4) is 0 Å². The van der Waals surface area contributed by atoms with E-state index in [9.17, 15) is 0 Å². The molecule has 84 valence electrons. The van der Waals surface area contributed by atoms with E-state index in [-0.39, 0.29) is 6.10 Å². The lowest BCUT2D eigenvalue weighted by Gasteiger charge is -2.11. The Balaban J connectivity index is 1.91. The van der Waals surface area contributed by atoms with Crippen molar-refractivity contribution in [2.45, 2.75) is 26.4 Å². The van der Waals surface area contributed by atoms with E-state index in [1.165, 1.54) is 16.7 Å². The summed E-state index contributed by atoms with van der Waals surface area (Å²) in [6.07, 6.45) is 1.06. The molecule has 1 N–H and O–H groups in total. The Kier molecular flexibility index (Phi) is 2.13. The van der Waals surface area contributed by atoms with Crippen molar-refractivity contribution in [1.29, 1.82) is 0 Å². The molecule has 1 aromatic carbocycles. The second-order valence-corrected chi connectivity index (χ2v) is 4.57. The first kappa shape index (κ1) is 9.70. The van der Waals surface area contributed by atoms with E-state index in [0.717, 1.165) is 31.1 Å². The quantitative estimate of drug-likeness (QED) is 0.773. The monoisotopic (exact) mass is 216 g/mol. The summed E-state index contributed by atoms with van der Waals surface area (Å²) in [4.78, 5) is 4.43. The average molecular weight is 216 g/mol. The molecule has 0 fully saturated rings. The lowest BCUT2D eigenvalue weighted by Crippen LogP contribution is -2.34. The second-order valence-electron chi connectivity index (χ2n) is 4.57. The van der Waals surface area contributed by atoms with Crippen LogP contribution in [0.4, 0.5) is 0 Å². The largest absolute Gasteiger partial charge is 0.482 e. The van der Waals surface area contributed by atoms with Gasteiger partial charge in [0.2, 0.25) is 0 Å². The van der Waals surface area contributed by atoms with Crippen LogP contribution in [0.5, 0.6) is 5.75 Å². The van der Waals surface area contributed by atoms with Gasteiger partial charge < -0.3 is 10.1 Å². The number of nitrogens with one attached hydrogen (secondary N) is 1. The topological polar surface area (TPSA) is 33.6 Å². The Hall–Kier alpha value is -1.51. The average Bonchev–Trinajstić information content (AvgIpc) is 2.82. The Labute approximate surface area is 95.5 Å². The van der Waals surface area contributed by atoms with Gasteiger partial charge >= 0.3 is 0 Å². The first-order valence-electron chi connectivity index (χ1n) is 5.79. The molecule has 0 spiro atoms. The summed E-state index contributed by atoms with van der Waals surface area (Å²) in [5, 5.41) is 3.29. The number of ether oxygens (including phenoxy) is 1. The van der Waals surface area contributed by atoms with Crippen LogP contribution in [0.15, 0.2) is 17.1 Å². The molecule has 2 heterocycles. The van der Waals surface area contributed by atoms with Crippen molar-refractivity contribution in [2.24, 2.45) is 4.99 Å². The summed E-state index contributed by atoms with van der Waals surface area (Å²) < 4.78 is 5.98. The van der Waals surface area contributed by atoms with Gasteiger partial charge in [-0.1, -0.05) is 17.7 Å². The maximum atomic E-state index is 5.98. The number of rotatable bonds is 1. The highest BCUT2D eigenvalue weighted by Crippen LogP contribution is 2.33. The first-order valence-corrected chi connectivity index (χ1v) is 5.79. The number of hydrogen-bond acceptors (Lipinski definition) is 3. The molecule has 1 atom stereocenters. The Bertz CT molecular complexity index is 465. The number of amidine groups is 1. The number of nitrogens with zero attached hydrogens (tertiary/aromatic N) is 1. The maximum absolute atomic E-state index is 5.98. The van der Waals surface area contributed by atoms with Crippen molar-refractivity contribution >= 4 is 5.84 Å². The van der Waals surface area contributed by atoms with Gasteiger partial charge in [0.1, 0.15) is 11.6 Å². The van der Waals surface area contributed by atoms with Crippen LogP contribution in [0.1, 0.15) is 16.7 Å². The summed E-state index contributed by atoms with van der Waals surface area (Å²) in [6, 6.07) is 4.39. The third-order valence-electron chi connectivity index (χ3n) is 3.17. The van der Waals surface area contributed by atoms with Crippen molar-refractivity contribution in [3.63, 3.8) is 0 Å². The molecule has 0 saturated carbocycles. The van der Waals surface area contributed by atoms with E-state index in [1.807, 2.05) is 0 Å². The third kappa shape index (κ3) is 1.47. The van der Waals surface area contributed by atoms with Gasteiger partial charge in [-0.3, -0.25) is 4.99 Å².